The van der Waals surface area contributed by atoms with E-state index in [1.807, 2.05) is 0 Å². The number of aromatic nitrogens is 4. The van der Waals surface area contributed by atoms with Crippen LogP contribution in [0.1, 0.15) is 54.0 Å². The molecule has 14 heteroatoms. The molecule has 3 atom stereocenters. The van der Waals surface area contributed by atoms with Crippen molar-refractivity contribution in [3.8, 4) is 17.7 Å². The van der Waals surface area contributed by atoms with Crippen LogP contribution in [0.5, 0.6) is 6.08 Å². The predicted molar refractivity (Wildman–Crippen MR) is 148 cm³/mol. The summed E-state index contributed by atoms with van der Waals surface area (Å²) in [5.41, 5.74) is 0.436. The summed E-state index contributed by atoms with van der Waals surface area (Å²) in [6.07, 6.45) is 4.34. The number of halogens is 2. The number of piperidine rings is 1. The molecular weight excluding hydrogens is 564 g/mol. The van der Waals surface area contributed by atoms with Crippen molar-refractivity contribution in [2.24, 2.45) is 5.92 Å². The highest BCUT2D eigenvalue weighted by Crippen LogP contribution is 2.52. The molecule has 1 saturated carbocycles. The third-order valence-electron chi connectivity index (χ3n) is 8.72. The zero-order chi connectivity index (χ0) is 30.3. The number of hydrogen-bond acceptors (Lipinski definition) is 11. The maximum atomic E-state index is 13.7. The van der Waals surface area contributed by atoms with Crippen LogP contribution >= 0.6 is 0 Å². The Morgan fingerprint density at radius 1 is 1.14 bits per heavy atom. The molecule has 4 heterocycles. The number of carbonyl (C=O) groups excluding carboxylic acids is 3. The minimum Gasteiger partial charge on any atom is -0.438 e. The minimum absolute atomic E-state index is 0.0155. The van der Waals surface area contributed by atoms with Gasteiger partial charge in [0.2, 0.25) is 0 Å². The van der Waals surface area contributed by atoms with Gasteiger partial charge >= 0.3 is 6.08 Å². The number of amides is 1. The molecule has 6 rings (SSSR count). The molecule has 3 aliphatic rings. The first-order valence-corrected chi connectivity index (χ1v) is 14.3. The highest BCUT2D eigenvalue weighted by Gasteiger charge is 2.59. The second-order valence-electron chi connectivity index (χ2n) is 11.4. The lowest BCUT2D eigenvalue weighted by atomic mass is 9.96. The van der Waals surface area contributed by atoms with E-state index in [0.29, 0.717) is 50.5 Å². The van der Waals surface area contributed by atoms with Crippen LogP contribution in [0.3, 0.4) is 0 Å². The number of nitrogens with zero attached hydrogens (tertiary/aromatic N) is 7. The van der Waals surface area contributed by atoms with Crippen LogP contribution in [0.25, 0.3) is 11.6 Å². The Bertz CT molecular complexity index is 1550. The maximum absolute atomic E-state index is 13.7. The molecule has 1 aliphatic carbocycles. The molecule has 1 spiro atoms. The molecule has 0 bridgehead atoms. The predicted octanol–water partition coefficient (Wildman–Crippen LogP) is 2.79. The van der Waals surface area contributed by atoms with Crippen molar-refractivity contribution in [2.45, 2.75) is 50.8 Å². The number of piperazine rings is 1. The minimum atomic E-state index is -1.03. The Labute approximate surface area is 246 Å². The Morgan fingerprint density at radius 2 is 1.91 bits per heavy atom. The third kappa shape index (κ3) is 5.46. The molecule has 2 aromatic heterocycles. The Morgan fingerprint density at radius 3 is 2.58 bits per heavy atom. The number of aldehydes is 2. The van der Waals surface area contributed by atoms with Crippen molar-refractivity contribution in [1.82, 2.24) is 30.0 Å². The van der Waals surface area contributed by atoms with Crippen LogP contribution in [-0.2, 0) is 4.79 Å². The van der Waals surface area contributed by atoms with Gasteiger partial charge in [-0.05, 0) is 50.3 Å². The van der Waals surface area contributed by atoms with E-state index in [1.54, 1.807) is 4.90 Å². The van der Waals surface area contributed by atoms with Gasteiger partial charge in [0.25, 0.3) is 11.8 Å². The second kappa shape index (κ2) is 11.4. The zero-order valence-electron chi connectivity index (χ0n) is 23.8. The molecule has 3 aromatic rings. The summed E-state index contributed by atoms with van der Waals surface area (Å²) in [4.78, 5) is 51.1. The van der Waals surface area contributed by atoms with Crippen LogP contribution < -0.4 is 9.64 Å². The van der Waals surface area contributed by atoms with Crippen molar-refractivity contribution in [3.05, 3.63) is 47.3 Å². The van der Waals surface area contributed by atoms with Gasteiger partial charge in [0.1, 0.15) is 11.4 Å². The highest BCUT2D eigenvalue weighted by atomic mass is 19.2. The molecular formula is C29H31F2N7O5. The number of anilines is 1. The molecule has 0 radical (unpaired) electrons. The lowest BCUT2D eigenvalue weighted by Gasteiger charge is -2.49. The van der Waals surface area contributed by atoms with Gasteiger partial charge in [-0.3, -0.25) is 19.3 Å². The molecule has 43 heavy (non-hydrogen) atoms. The van der Waals surface area contributed by atoms with E-state index in [2.05, 4.69) is 36.9 Å². The van der Waals surface area contributed by atoms with Gasteiger partial charge in [-0.25, -0.2) is 18.7 Å². The molecule has 0 N–H and O–H groups in total. The number of ether oxygens (including phenoxy) is 1. The monoisotopic (exact) mass is 595 g/mol. The number of rotatable bonds is 8. The third-order valence-corrected chi connectivity index (χ3v) is 8.72. The average Bonchev–Trinajstić information content (AvgIpc) is 3.41. The number of carbonyl (C=O) groups is 3. The van der Waals surface area contributed by atoms with E-state index >= 15 is 0 Å². The number of benzene rings is 1. The zero-order valence-corrected chi connectivity index (χ0v) is 23.8. The van der Waals surface area contributed by atoms with Gasteiger partial charge in [-0.1, -0.05) is 12.0 Å². The SMILES string of the molecule is CC(C=O)Oc1nnc(-c2cnc(N3CCN(C4CCN(C(=O)c5ccc(F)c(F)c5)CC4)C4(C[C@H]4C)C3)c(C=O)n2)o1. The molecule has 12 nitrogen and oxygen atoms in total. The van der Waals surface area contributed by atoms with E-state index in [1.165, 1.54) is 19.2 Å². The molecule has 2 aliphatic heterocycles. The van der Waals surface area contributed by atoms with Crippen molar-refractivity contribution < 1.29 is 32.3 Å². The van der Waals surface area contributed by atoms with E-state index in [4.69, 9.17) is 9.15 Å². The first-order chi connectivity index (χ1) is 20.7. The van der Waals surface area contributed by atoms with E-state index in [0.717, 1.165) is 37.9 Å². The maximum Gasteiger partial charge on any atom is 0.415 e. The molecule has 2 unspecified atom stereocenters. The fourth-order valence-electron chi connectivity index (χ4n) is 6.33. The molecule has 1 aromatic carbocycles. The summed E-state index contributed by atoms with van der Waals surface area (Å²) < 4.78 is 37.6. The fourth-order valence-corrected chi connectivity index (χ4v) is 6.33. The summed E-state index contributed by atoms with van der Waals surface area (Å²) in [6, 6.07) is 3.53. The second-order valence-corrected chi connectivity index (χ2v) is 11.4. The van der Waals surface area contributed by atoms with Gasteiger partial charge in [0.15, 0.2) is 36.1 Å². The summed E-state index contributed by atoms with van der Waals surface area (Å²) in [7, 11) is 0. The van der Waals surface area contributed by atoms with Crippen molar-refractivity contribution in [3.63, 3.8) is 0 Å². The standard InChI is InChI=1S/C29H31F2N7O5/c1-17-12-29(17)16-37(25-24(15-40)33-23(13-32-25)26-34-35-28(43-26)42-18(2)14-39)9-10-38(29)20-5-7-36(8-6-20)27(41)19-3-4-21(30)22(31)11-19/h3-4,11,13-15,17-18,20H,5-10,12,16H2,1-2H3/t17-,18?,29?/m1/s1. The van der Waals surface area contributed by atoms with Crippen LogP contribution in [0, 0.1) is 17.6 Å². The lowest BCUT2D eigenvalue weighted by Crippen LogP contribution is -2.61. The smallest absolute Gasteiger partial charge is 0.415 e. The average molecular weight is 596 g/mol. The molecule has 1 amide bonds. The van der Waals surface area contributed by atoms with Crippen molar-refractivity contribution >= 4 is 24.3 Å². The Balaban J connectivity index is 1.12. The number of hydrogen-bond donors (Lipinski definition) is 0. The van der Waals surface area contributed by atoms with Gasteiger partial charge < -0.3 is 19.0 Å². The molecule has 3 fully saturated rings. The largest absolute Gasteiger partial charge is 0.438 e. The first-order valence-electron chi connectivity index (χ1n) is 14.3. The van der Waals surface area contributed by atoms with Gasteiger partial charge in [0.05, 0.1) is 6.20 Å². The Kier molecular flexibility index (Phi) is 7.63. The lowest BCUT2D eigenvalue weighted by molar-refractivity contribution is -0.113. The summed E-state index contributed by atoms with van der Waals surface area (Å²) in [6.45, 7) is 6.89. The highest BCUT2D eigenvalue weighted by molar-refractivity contribution is 5.94. The Hall–Kier alpha value is -4.33. The summed E-state index contributed by atoms with van der Waals surface area (Å²) in [5, 5.41) is 7.64. The fraction of sp³-hybridized carbons (Fsp3) is 0.483. The van der Waals surface area contributed by atoms with E-state index in [9.17, 15) is 23.2 Å². The van der Waals surface area contributed by atoms with Gasteiger partial charge in [-0.15, -0.1) is 5.10 Å². The molecule has 2 saturated heterocycles. The summed E-state index contributed by atoms with van der Waals surface area (Å²) >= 11 is 0. The quantitative estimate of drug-likeness (QED) is 0.356. The van der Waals surface area contributed by atoms with Crippen LogP contribution in [-0.4, -0.2) is 98.9 Å². The van der Waals surface area contributed by atoms with Crippen LogP contribution in [0.15, 0.2) is 28.8 Å². The molecule has 226 valence electrons. The van der Waals surface area contributed by atoms with Crippen LogP contribution in [0.4, 0.5) is 14.6 Å². The topological polar surface area (TPSA) is 135 Å². The number of likely N-dealkylation sites (tertiary alicyclic amines) is 1. The van der Waals surface area contributed by atoms with Gasteiger partial charge in [0, 0.05) is 49.9 Å². The van der Waals surface area contributed by atoms with E-state index < -0.39 is 17.7 Å². The van der Waals surface area contributed by atoms with Gasteiger partial charge in [-0.2, -0.15) is 0 Å². The van der Waals surface area contributed by atoms with Crippen LogP contribution in [0.2, 0.25) is 0 Å². The van der Waals surface area contributed by atoms with Crippen molar-refractivity contribution in [1.29, 1.82) is 0 Å². The first kappa shape index (κ1) is 28.8. The summed E-state index contributed by atoms with van der Waals surface area (Å²) in [5.74, 6) is -1.36. The van der Waals surface area contributed by atoms with Crippen molar-refractivity contribution in [2.75, 3.05) is 37.6 Å². The normalized spacial score (nSPS) is 23.3. The van der Waals surface area contributed by atoms with E-state index in [-0.39, 0.29) is 46.4 Å².